The summed E-state index contributed by atoms with van der Waals surface area (Å²) in [4.78, 5) is 46.3. The number of carboxylic acids is 1. The fourth-order valence-corrected chi connectivity index (χ4v) is 5.63. The minimum absolute atomic E-state index is 0.0273. The molecule has 2 aromatic carbocycles. The maximum Gasteiger partial charge on any atom is 0.303 e. The molecule has 5 rings (SSSR count). The Balaban J connectivity index is 1.63. The number of aliphatic carboxylic acids is 1. The van der Waals surface area contributed by atoms with Crippen LogP contribution in [-0.2, 0) is 9.59 Å². The van der Waals surface area contributed by atoms with Gasteiger partial charge in [-0.2, -0.15) is 0 Å². The van der Waals surface area contributed by atoms with E-state index in [4.69, 9.17) is 0 Å². The van der Waals surface area contributed by atoms with Gasteiger partial charge in [0.05, 0.1) is 18.0 Å². The Kier molecular flexibility index (Phi) is 6.31. The molecule has 1 aromatic heterocycles. The van der Waals surface area contributed by atoms with Crippen molar-refractivity contribution in [3.63, 3.8) is 0 Å². The van der Waals surface area contributed by atoms with Gasteiger partial charge in [-0.15, -0.1) is 0 Å². The van der Waals surface area contributed by atoms with E-state index in [1.165, 1.54) is 0 Å². The molecule has 1 saturated carbocycles. The van der Waals surface area contributed by atoms with Crippen LogP contribution in [0.4, 0.5) is 11.4 Å². The molecule has 2 heterocycles. The first kappa shape index (κ1) is 22.8. The number of nitrogens with zero attached hydrogens (tertiary/aromatic N) is 3. The van der Waals surface area contributed by atoms with E-state index in [-0.39, 0.29) is 42.7 Å². The van der Waals surface area contributed by atoms with Crippen molar-refractivity contribution in [1.29, 1.82) is 0 Å². The number of carbonyl (C=O) groups excluding carboxylic acids is 2. The van der Waals surface area contributed by atoms with Crippen LogP contribution < -0.4 is 9.80 Å². The highest BCUT2D eigenvalue weighted by molar-refractivity contribution is 6.07. The van der Waals surface area contributed by atoms with Crippen molar-refractivity contribution in [3.8, 4) is 0 Å². The number of fused-ring (bicyclic) bond motifs is 2. The minimum Gasteiger partial charge on any atom is -0.481 e. The van der Waals surface area contributed by atoms with Crippen LogP contribution in [0.3, 0.4) is 0 Å². The first-order valence-electron chi connectivity index (χ1n) is 12.0. The lowest BCUT2D eigenvalue weighted by molar-refractivity contribution is -0.138. The number of anilines is 2. The van der Waals surface area contributed by atoms with Gasteiger partial charge in [-0.1, -0.05) is 42.8 Å². The Morgan fingerprint density at radius 3 is 2.46 bits per heavy atom. The Hall–Kier alpha value is -4.00. The molecule has 0 bridgehead atoms. The maximum atomic E-state index is 13.7. The number of amides is 2. The van der Waals surface area contributed by atoms with Crippen molar-refractivity contribution in [2.24, 2.45) is 5.92 Å². The standard InChI is InChI=1S/C28H27N3O4/c32-25(15-16-26(33)34)30(20-9-2-1-3-10-20)27-21-11-4-5-13-23(21)31(24-14-6-12-22(24)27)28(35)19-8-7-17-29-18-19/h1-5,7-11,13,17-18,22,24,27H,6,12,14-16H2,(H,33,34). The Labute approximate surface area is 204 Å². The van der Waals surface area contributed by atoms with Gasteiger partial charge in [-0.05, 0) is 48.7 Å². The second kappa shape index (κ2) is 9.70. The summed E-state index contributed by atoms with van der Waals surface area (Å²) in [6.07, 6.45) is 5.59. The molecule has 3 unspecified atom stereocenters. The fourth-order valence-electron chi connectivity index (χ4n) is 5.63. The maximum absolute atomic E-state index is 13.7. The quantitative estimate of drug-likeness (QED) is 0.557. The fraction of sp³-hybridized carbons (Fsp3) is 0.286. The summed E-state index contributed by atoms with van der Waals surface area (Å²) >= 11 is 0. The van der Waals surface area contributed by atoms with Crippen LogP contribution >= 0.6 is 0 Å². The van der Waals surface area contributed by atoms with Gasteiger partial charge in [-0.3, -0.25) is 19.4 Å². The van der Waals surface area contributed by atoms with Gasteiger partial charge in [0.1, 0.15) is 0 Å². The molecular weight excluding hydrogens is 442 g/mol. The Morgan fingerprint density at radius 2 is 1.71 bits per heavy atom. The van der Waals surface area contributed by atoms with E-state index in [2.05, 4.69) is 4.98 Å². The molecule has 1 aliphatic carbocycles. The van der Waals surface area contributed by atoms with Crippen molar-refractivity contribution in [2.75, 3.05) is 9.80 Å². The van der Waals surface area contributed by atoms with Crippen molar-refractivity contribution >= 4 is 29.2 Å². The second-order valence-electron chi connectivity index (χ2n) is 9.08. The van der Waals surface area contributed by atoms with Crippen molar-refractivity contribution in [2.45, 2.75) is 44.2 Å². The van der Waals surface area contributed by atoms with Gasteiger partial charge in [-0.25, -0.2) is 0 Å². The number of hydrogen-bond acceptors (Lipinski definition) is 4. The van der Waals surface area contributed by atoms with Gasteiger partial charge in [0.25, 0.3) is 5.91 Å². The Bertz CT molecular complexity index is 1230. The normalized spacial score (nSPS) is 20.6. The summed E-state index contributed by atoms with van der Waals surface area (Å²) in [5.41, 5.74) is 2.96. The zero-order chi connectivity index (χ0) is 24.4. The number of rotatable bonds is 6. The summed E-state index contributed by atoms with van der Waals surface area (Å²) in [7, 11) is 0. The molecule has 0 spiro atoms. The van der Waals surface area contributed by atoms with Crippen LogP contribution in [0.15, 0.2) is 79.1 Å². The molecular formula is C28H27N3O4. The van der Waals surface area contributed by atoms with E-state index < -0.39 is 5.97 Å². The predicted molar refractivity (Wildman–Crippen MR) is 132 cm³/mol. The highest BCUT2D eigenvalue weighted by atomic mass is 16.4. The van der Waals surface area contributed by atoms with E-state index in [1.54, 1.807) is 29.4 Å². The molecule has 0 radical (unpaired) electrons. The van der Waals surface area contributed by atoms with Gasteiger partial charge < -0.3 is 14.9 Å². The van der Waals surface area contributed by atoms with E-state index in [0.29, 0.717) is 5.56 Å². The highest BCUT2D eigenvalue weighted by Crippen LogP contribution is 2.51. The molecule has 2 aliphatic rings. The number of benzene rings is 2. The number of carboxylic acid groups (broad SMARTS) is 1. The van der Waals surface area contributed by atoms with Crippen LogP contribution in [0.2, 0.25) is 0 Å². The second-order valence-corrected chi connectivity index (χ2v) is 9.08. The van der Waals surface area contributed by atoms with E-state index >= 15 is 0 Å². The van der Waals surface area contributed by atoms with Gasteiger partial charge >= 0.3 is 5.97 Å². The molecule has 3 aromatic rings. The number of para-hydroxylation sites is 2. The lowest BCUT2D eigenvalue weighted by Gasteiger charge is -2.47. The number of hydrogen-bond donors (Lipinski definition) is 1. The molecule has 1 fully saturated rings. The largest absolute Gasteiger partial charge is 0.481 e. The molecule has 1 aliphatic heterocycles. The molecule has 178 valence electrons. The van der Waals surface area contributed by atoms with Crippen LogP contribution in [0.1, 0.15) is 54.1 Å². The zero-order valence-electron chi connectivity index (χ0n) is 19.3. The van der Waals surface area contributed by atoms with Gasteiger partial charge in [0.2, 0.25) is 5.91 Å². The monoisotopic (exact) mass is 469 g/mol. The third kappa shape index (κ3) is 4.30. The summed E-state index contributed by atoms with van der Waals surface area (Å²) in [5.74, 6) is -1.29. The smallest absolute Gasteiger partial charge is 0.303 e. The topological polar surface area (TPSA) is 90.8 Å². The lowest BCUT2D eigenvalue weighted by atomic mass is 9.81. The van der Waals surface area contributed by atoms with Gasteiger partial charge in [0.15, 0.2) is 0 Å². The van der Waals surface area contributed by atoms with Crippen molar-refractivity contribution in [1.82, 2.24) is 4.98 Å². The average molecular weight is 470 g/mol. The van der Waals surface area contributed by atoms with Crippen molar-refractivity contribution in [3.05, 3.63) is 90.3 Å². The Morgan fingerprint density at radius 1 is 0.943 bits per heavy atom. The molecule has 7 heteroatoms. The van der Waals surface area contributed by atoms with E-state index in [1.807, 2.05) is 59.5 Å². The molecule has 3 atom stereocenters. The summed E-state index contributed by atoms with van der Waals surface area (Å²) in [6.45, 7) is 0. The van der Waals surface area contributed by atoms with E-state index in [0.717, 1.165) is 36.2 Å². The molecule has 0 saturated heterocycles. The van der Waals surface area contributed by atoms with Crippen LogP contribution in [-0.4, -0.2) is 33.9 Å². The number of carbonyl (C=O) groups is 3. The molecule has 2 amide bonds. The first-order valence-corrected chi connectivity index (χ1v) is 12.0. The van der Waals surface area contributed by atoms with E-state index in [9.17, 15) is 19.5 Å². The van der Waals surface area contributed by atoms with Crippen molar-refractivity contribution < 1.29 is 19.5 Å². The lowest BCUT2D eigenvalue weighted by Crippen LogP contribution is -2.52. The van der Waals surface area contributed by atoms with Crippen LogP contribution in [0, 0.1) is 5.92 Å². The number of aromatic nitrogens is 1. The van der Waals surface area contributed by atoms with Gasteiger partial charge in [0, 0.05) is 42.1 Å². The average Bonchev–Trinajstić information content (AvgIpc) is 3.37. The minimum atomic E-state index is -0.998. The summed E-state index contributed by atoms with van der Waals surface area (Å²) in [5, 5.41) is 9.22. The molecule has 1 N–H and O–H groups in total. The molecule has 7 nitrogen and oxygen atoms in total. The zero-order valence-corrected chi connectivity index (χ0v) is 19.3. The van der Waals surface area contributed by atoms with Crippen LogP contribution in [0.25, 0.3) is 0 Å². The third-order valence-electron chi connectivity index (χ3n) is 7.04. The van der Waals surface area contributed by atoms with Crippen LogP contribution in [0.5, 0.6) is 0 Å². The first-order chi connectivity index (χ1) is 17.1. The SMILES string of the molecule is O=C(O)CCC(=O)N(c1ccccc1)C1c2ccccc2N(C(=O)c2cccnc2)C2CCCC21. The summed E-state index contributed by atoms with van der Waals surface area (Å²) in [6, 6.07) is 20.4. The third-order valence-corrected chi connectivity index (χ3v) is 7.04. The number of pyridine rings is 1. The highest BCUT2D eigenvalue weighted by Gasteiger charge is 2.49. The predicted octanol–water partition coefficient (Wildman–Crippen LogP) is 4.85. The summed E-state index contributed by atoms with van der Waals surface area (Å²) < 4.78 is 0. The molecule has 35 heavy (non-hydrogen) atoms.